The minimum Gasteiger partial charge on any atom is -0.369 e. The van der Waals surface area contributed by atoms with Crippen LogP contribution in [0.1, 0.15) is 51.9 Å². The van der Waals surface area contributed by atoms with Crippen LogP contribution in [-0.4, -0.2) is 36.3 Å². The van der Waals surface area contributed by atoms with Gasteiger partial charge in [-0.3, -0.25) is 9.59 Å². The second-order valence-corrected chi connectivity index (χ2v) is 5.85. The van der Waals surface area contributed by atoms with Crippen molar-refractivity contribution in [3.05, 3.63) is 0 Å². The average Bonchev–Trinajstić information content (AvgIpc) is 2.45. The van der Waals surface area contributed by atoms with Gasteiger partial charge in [-0.05, 0) is 38.1 Å². The van der Waals surface area contributed by atoms with Crippen molar-refractivity contribution in [3.8, 4) is 0 Å². The first-order chi connectivity index (χ1) is 9.58. The van der Waals surface area contributed by atoms with Gasteiger partial charge in [0.25, 0.3) is 0 Å². The van der Waals surface area contributed by atoms with E-state index in [0.717, 1.165) is 45.1 Å². The Morgan fingerprint density at radius 3 is 2.65 bits per heavy atom. The lowest BCUT2D eigenvalue weighted by Crippen LogP contribution is -2.44. The molecular weight excluding hydrogens is 254 g/mol. The van der Waals surface area contributed by atoms with Crippen LogP contribution in [0.2, 0.25) is 0 Å². The molecule has 1 heterocycles. The fraction of sp³-hybridized carbons (Fsp3) is 0.867. The molecule has 0 bridgehead atoms. The Labute approximate surface area is 122 Å². The molecule has 0 radical (unpaired) electrons. The third kappa shape index (κ3) is 5.49. The number of piperidine rings is 1. The lowest BCUT2D eigenvalue weighted by molar-refractivity contribution is -0.135. The molecule has 0 aromatic rings. The number of hydrogen-bond donors (Lipinski definition) is 2. The number of rotatable bonds is 8. The van der Waals surface area contributed by atoms with E-state index in [0.29, 0.717) is 25.4 Å². The maximum atomic E-state index is 12.2. The van der Waals surface area contributed by atoms with E-state index < -0.39 is 0 Å². The summed E-state index contributed by atoms with van der Waals surface area (Å²) in [6.45, 7) is 4.11. The minimum absolute atomic E-state index is 0.161. The Hall–Kier alpha value is -1.10. The quantitative estimate of drug-likeness (QED) is 0.702. The molecule has 1 aliphatic rings. The van der Waals surface area contributed by atoms with E-state index in [9.17, 15) is 9.59 Å². The summed E-state index contributed by atoms with van der Waals surface area (Å²) < 4.78 is 0. The predicted molar refractivity (Wildman–Crippen MR) is 79.8 cm³/mol. The molecule has 116 valence electrons. The number of nitrogens with two attached hydrogens (primary N) is 2. The first-order valence-electron chi connectivity index (χ1n) is 7.85. The van der Waals surface area contributed by atoms with Crippen molar-refractivity contribution in [3.63, 3.8) is 0 Å². The maximum Gasteiger partial charge on any atom is 0.222 e. The number of amides is 2. The summed E-state index contributed by atoms with van der Waals surface area (Å²) in [5.74, 6) is 0.262. The van der Waals surface area contributed by atoms with Crippen molar-refractivity contribution in [2.24, 2.45) is 23.3 Å². The largest absolute Gasteiger partial charge is 0.369 e. The fourth-order valence-electron chi connectivity index (χ4n) is 3.00. The van der Waals surface area contributed by atoms with E-state index in [4.69, 9.17) is 11.5 Å². The molecule has 1 fully saturated rings. The summed E-state index contributed by atoms with van der Waals surface area (Å²) in [6.07, 6.45) is 6.41. The Kier molecular flexibility index (Phi) is 7.59. The molecule has 0 aromatic carbocycles. The molecule has 4 N–H and O–H groups in total. The first kappa shape index (κ1) is 17.0. The first-order valence-corrected chi connectivity index (χ1v) is 7.85. The molecule has 1 aliphatic heterocycles. The topological polar surface area (TPSA) is 89.4 Å². The Morgan fingerprint density at radius 1 is 1.30 bits per heavy atom. The Bertz CT molecular complexity index is 314. The van der Waals surface area contributed by atoms with Crippen LogP contribution in [-0.2, 0) is 9.59 Å². The van der Waals surface area contributed by atoms with E-state index in [1.165, 1.54) is 0 Å². The van der Waals surface area contributed by atoms with Crippen molar-refractivity contribution < 1.29 is 9.59 Å². The molecule has 5 nitrogen and oxygen atoms in total. The van der Waals surface area contributed by atoms with Crippen molar-refractivity contribution in [2.45, 2.75) is 51.9 Å². The summed E-state index contributed by atoms with van der Waals surface area (Å²) in [5.41, 5.74) is 11.0. The van der Waals surface area contributed by atoms with Crippen LogP contribution in [0.25, 0.3) is 0 Å². The molecule has 2 unspecified atom stereocenters. The smallest absolute Gasteiger partial charge is 0.222 e. The average molecular weight is 283 g/mol. The van der Waals surface area contributed by atoms with E-state index >= 15 is 0 Å². The SMILES string of the molecule is CCCC(CCN)CCC(=O)N1CCCC(C(N)=O)C1. The van der Waals surface area contributed by atoms with Crippen LogP contribution in [0, 0.1) is 11.8 Å². The number of hydrogen-bond acceptors (Lipinski definition) is 3. The highest BCUT2D eigenvalue weighted by Gasteiger charge is 2.26. The number of carbonyl (C=O) groups is 2. The maximum absolute atomic E-state index is 12.2. The Balaban J connectivity index is 2.39. The normalized spacial score (nSPS) is 20.7. The van der Waals surface area contributed by atoms with Crippen molar-refractivity contribution in [1.82, 2.24) is 4.90 Å². The molecule has 0 aromatic heterocycles. The molecule has 0 spiro atoms. The van der Waals surface area contributed by atoms with Gasteiger partial charge in [-0.25, -0.2) is 0 Å². The Morgan fingerprint density at radius 2 is 2.05 bits per heavy atom. The summed E-state index contributed by atoms with van der Waals surface area (Å²) in [4.78, 5) is 25.3. The minimum atomic E-state index is -0.283. The van der Waals surface area contributed by atoms with E-state index in [1.807, 2.05) is 4.90 Å². The predicted octanol–water partition coefficient (Wildman–Crippen LogP) is 1.26. The number of primary amides is 1. The van der Waals surface area contributed by atoms with Crippen LogP contribution < -0.4 is 11.5 Å². The summed E-state index contributed by atoms with van der Waals surface area (Å²) in [6, 6.07) is 0. The highest BCUT2D eigenvalue weighted by atomic mass is 16.2. The zero-order chi connectivity index (χ0) is 15.0. The van der Waals surface area contributed by atoms with Gasteiger partial charge < -0.3 is 16.4 Å². The molecule has 0 saturated carbocycles. The van der Waals surface area contributed by atoms with Crippen LogP contribution in [0.15, 0.2) is 0 Å². The second kappa shape index (κ2) is 8.95. The third-order valence-corrected chi connectivity index (χ3v) is 4.21. The van der Waals surface area contributed by atoms with Gasteiger partial charge in [0, 0.05) is 19.5 Å². The number of likely N-dealkylation sites (tertiary alicyclic amines) is 1. The molecule has 20 heavy (non-hydrogen) atoms. The lowest BCUT2D eigenvalue weighted by Gasteiger charge is -2.31. The summed E-state index contributed by atoms with van der Waals surface area (Å²) >= 11 is 0. The van der Waals surface area contributed by atoms with Gasteiger partial charge in [0.05, 0.1) is 5.92 Å². The number of carbonyl (C=O) groups excluding carboxylic acids is 2. The van der Waals surface area contributed by atoms with Gasteiger partial charge in [0.2, 0.25) is 11.8 Å². The van der Waals surface area contributed by atoms with Gasteiger partial charge in [-0.1, -0.05) is 19.8 Å². The molecule has 5 heteroatoms. The van der Waals surface area contributed by atoms with E-state index in [1.54, 1.807) is 0 Å². The molecule has 2 amide bonds. The van der Waals surface area contributed by atoms with Crippen LogP contribution in [0.3, 0.4) is 0 Å². The fourth-order valence-corrected chi connectivity index (χ4v) is 3.00. The van der Waals surface area contributed by atoms with E-state index in [2.05, 4.69) is 6.92 Å². The molecular formula is C15H29N3O2. The highest BCUT2D eigenvalue weighted by Crippen LogP contribution is 2.20. The number of nitrogens with zero attached hydrogens (tertiary/aromatic N) is 1. The van der Waals surface area contributed by atoms with Gasteiger partial charge in [-0.2, -0.15) is 0 Å². The zero-order valence-electron chi connectivity index (χ0n) is 12.6. The van der Waals surface area contributed by atoms with Crippen LogP contribution in [0.4, 0.5) is 0 Å². The van der Waals surface area contributed by atoms with Gasteiger partial charge in [0.15, 0.2) is 0 Å². The second-order valence-electron chi connectivity index (χ2n) is 5.85. The standard InChI is InChI=1S/C15H29N3O2/c1-2-4-12(8-9-16)6-7-14(19)18-10-3-5-13(11-18)15(17)20/h12-13H,2-11,16H2,1H3,(H2,17,20). The van der Waals surface area contributed by atoms with E-state index in [-0.39, 0.29) is 17.7 Å². The zero-order valence-corrected chi connectivity index (χ0v) is 12.6. The van der Waals surface area contributed by atoms with Crippen molar-refractivity contribution in [2.75, 3.05) is 19.6 Å². The molecule has 2 atom stereocenters. The van der Waals surface area contributed by atoms with Crippen LogP contribution in [0.5, 0.6) is 0 Å². The summed E-state index contributed by atoms with van der Waals surface area (Å²) in [7, 11) is 0. The molecule has 1 rings (SSSR count). The lowest BCUT2D eigenvalue weighted by atomic mass is 9.93. The molecule has 0 aliphatic carbocycles. The van der Waals surface area contributed by atoms with Crippen molar-refractivity contribution in [1.29, 1.82) is 0 Å². The van der Waals surface area contributed by atoms with Gasteiger partial charge >= 0.3 is 0 Å². The van der Waals surface area contributed by atoms with Crippen molar-refractivity contribution >= 4 is 11.8 Å². The van der Waals surface area contributed by atoms with Gasteiger partial charge in [-0.15, -0.1) is 0 Å². The third-order valence-electron chi connectivity index (χ3n) is 4.21. The monoisotopic (exact) mass is 283 g/mol. The van der Waals surface area contributed by atoms with Crippen LogP contribution >= 0.6 is 0 Å². The molecule has 1 saturated heterocycles. The summed E-state index contributed by atoms with van der Waals surface area (Å²) in [5, 5.41) is 0. The highest BCUT2D eigenvalue weighted by molar-refractivity contribution is 5.80. The van der Waals surface area contributed by atoms with Gasteiger partial charge in [0.1, 0.15) is 0 Å².